The number of hydrogen-bond acceptors (Lipinski definition) is 1. The summed E-state index contributed by atoms with van der Waals surface area (Å²) in [5.41, 5.74) is 0. The van der Waals surface area contributed by atoms with Crippen molar-refractivity contribution < 1.29 is 3.07 Å². The van der Waals surface area contributed by atoms with Crippen molar-refractivity contribution in [3.8, 4) is 0 Å². The molecule has 0 N–H and O–H groups in total. The Morgan fingerprint density at radius 3 is 2.15 bits per heavy atom. The molecule has 1 unspecified atom stereocenters. The van der Waals surface area contributed by atoms with Gasteiger partial charge in [0.2, 0.25) is 0 Å². The van der Waals surface area contributed by atoms with E-state index in [0.717, 1.165) is 0 Å². The van der Waals surface area contributed by atoms with Crippen molar-refractivity contribution >= 4 is 22.9 Å². The SMILES string of the molecule is CCCCCCCCC(CC)[O][Sn]. The van der Waals surface area contributed by atoms with Gasteiger partial charge in [0.05, 0.1) is 0 Å². The van der Waals surface area contributed by atoms with E-state index >= 15 is 0 Å². The molecule has 1 nitrogen and oxygen atoms in total. The molecule has 0 aromatic rings. The third-order valence-electron chi connectivity index (χ3n) is 2.50. The van der Waals surface area contributed by atoms with E-state index in [4.69, 9.17) is 3.07 Å². The fourth-order valence-corrected chi connectivity index (χ4v) is 2.31. The van der Waals surface area contributed by atoms with Crippen LogP contribution in [0.15, 0.2) is 0 Å². The molecule has 0 saturated carbocycles. The van der Waals surface area contributed by atoms with Crippen LogP contribution in [0.1, 0.15) is 65.2 Å². The van der Waals surface area contributed by atoms with Gasteiger partial charge in [-0.05, 0) is 0 Å². The van der Waals surface area contributed by atoms with Gasteiger partial charge in [-0.25, -0.2) is 0 Å². The Kier molecular flexibility index (Phi) is 11.5. The molecule has 1 atom stereocenters. The quantitative estimate of drug-likeness (QED) is 0.465. The predicted octanol–water partition coefficient (Wildman–Crippen LogP) is 3.62. The van der Waals surface area contributed by atoms with Gasteiger partial charge in [0, 0.05) is 0 Å². The molecule has 0 aliphatic carbocycles. The summed E-state index contributed by atoms with van der Waals surface area (Å²) < 4.78 is 5.42. The Bertz CT molecular complexity index is 92.1. The minimum absolute atomic E-state index is 0.546. The van der Waals surface area contributed by atoms with Gasteiger partial charge in [0.1, 0.15) is 0 Å². The van der Waals surface area contributed by atoms with Crippen LogP contribution in [0, 0.1) is 0 Å². The van der Waals surface area contributed by atoms with Crippen LogP contribution < -0.4 is 0 Å². The topological polar surface area (TPSA) is 9.23 Å². The standard InChI is InChI=1S/C11H23O.Sn/c1-3-5-6-7-8-9-10-11(12)4-2;/h11H,3-10H2,1-2H3;/q-1;+1. The van der Waals surface area contributed by atoms with Gasteiger partial charge in [0.15, 0.2) is 0 Å². The zero-order chi connectivity index (χ0) is 9.94. The van der Waals surface area contributed by atoms with Gasteiger partial charge in [-0.15, -0.1) is 0 Å². The molecule has 0 aliphatic heterocycles. The monoisotopic (exact) mass is 291 g/mol. The molecule has 0 saturated heterocycles. The van der Waals surface area contributed by atoms with Gasteiger partial charge in [-0.3, -0.25) is 0 Å². The van der Waals surface area contributed by atoms with Crippen LogP contribution in [-0.2, 0) is 3.07 Å². The first-order chi connectivity index (χ1) is 6.35. The third kappa shape index (κ3) is 9.07. The van der Waals surface area contributed by atoms with E-state index in [0.29, 0.717) is 6.10 Å². The van der Waals surface area contributed by atoms with Crippen molar-refractivity contribution in [3.63, 3.8) is 0 Å². The van der Waals surface area contributed by atoms with Crippen LogP contribution in [0.5, 0.6) is 0 Å². The van der Waals surface area contributed by atoms with Gasteiger partial charge in [0.25, 0.3) is 0 Å². The summed E-state index contributed by atoms with van der Waals surface area (Å²) in [6.45, 7) is 4.48. The predicted molar refractivity (Wildman–Crippen MR) is 58.9 cm³/mol. The van der Waals surface area contributed by atoms with Crippen molar-refractivity contribution in [2.75, 3.05) is 0 Å². The molecule has 0 amide bonds. The zero-order valence-corrected chi connectivity index (χ0v) is 12.0. The normalized spacial score (nSPS) is 13.2. The first-order valence-electron chi connectivity index (χ1n) is 5.67. The van der Waals surface area contributed by atoms with Crippen LogP contribution in [-0.4, -0.2) is 29.0 Å². The number of unbranched alkanes of at least 4 members (excludes halogenated alkanes) is 5. The molecule has 3 radical (unpaired) electrons. The van der Waals surface area contributed by atoms with Gasteiger partial charge in [-0.1, -0.05) is 0 Å². The molecule has 0 fully saturated rings. The molecule has 0 bridgehead atoms. The van der Waals surface area contributed by atoms with E-state index < -0.39 is 0 Å². The fraction of sp³-hybridized carbons (Fsp3) is 1.00. The molecule has 2 heteroatoms. The number of hydrogen-bond donors (Lipinski definition) is 0. The molecule has 0 spiro atoms. The second kappa shape index (κ2) is 10.8. The van der Waals surface area contributed by atoms with E-state index in [9.17, 15) is 0 Å². The second-order valence-electron chi connectivity index (χ2n) is 3.70. The van der Waals surface area contributed by atoms with Crippen LogP contribution in [0.4, 0.5) is 0 Å². The van der Waals surface area contributed by atoms with Crippen LogP contribution in [0.2, 0.25) is 0 Å². The molecule has 77 valence electrons. The maximum absolute atomic E-state index is 5.42. The fourth-order valence-electron chi connectivity index (χ4n) is 1.50. The van der Waals surface area contributed by atoms with E-state index in [1.165, 1.54) is 74.3 Å². The molecule has 13 heavy (non-hydrogen) atoms. The van der Waals surface area contributed by atoms with Gasteiger partial charge < -0.3 is 0 Å². The molecule has 0 rings (SSSR count). The van der Waals surface area contributed by atoms with Gasteiger partial charge in [-0.2, -0.15) is 0 Å². The maximum atomic E-state index is 5.42. The van der Waals surface area contributed by atoms with Crippen molar-refractivity contribution in [1.29, 1.82) is 0 Å². The average Bonchev–Trinajstić information content (AvgIpc) is 2.17. The van der Waals surface area contributed by atoms with Crippen LogP contribution in [0.25, 0.3) is 0 Å². The molecule has 0 aromatic carbocycles. The third-order valence-corrected chi connectivity index (χ3v) is 3.45. The molecule has 0 heterocycles. The van der Waals surface area contributed by atoms with E-state index in [2.05, 4.69) is 13.8 Å². The summed E-state index contributed by atoms with van der Waals surface area (Å²) in [5, 5.41) is 0. The Balaban J connectivity index is 3.05. The van der Waals surface area contributed by atoms with Crippen molar-refractivity contribution in [2.45, 2.75) is 71.3 Å². The summed E-state index contributed by atoms with van der Waals surface area (Å²) >= 11 is 1.23. The zero-order valence-electron chi connectivity index (χ0n) is 9.14. The second-order valence-corrected chi connectivity index (χ2v) is 4.38. The summed E-state index contributed by atoms with van der Waals surface area (Å²) in [6, 6.07) is 0. The van der Waals surface area contributed by atoms with Crippen LogP contribution >= 0.6 is 0 Å². The first-order valence-corrected chi connectivity index (χ1v) is 6.84. The average molecular weight is 290 g/mol. The molecular formula is C11H23OSn. The van der Waals surface area contributed by atoms with Gasteiger partial charge >= 0.3 is 97.3 Å². The first kappa shape index (κ1) is 13.8. The van der Waals surface area contributed by atoms with Crippen molar-refractivity contribution in [1.82, 2.24) is 0 Å². The summed E-state index contributed by atoms with van der Waals surface area (Å²) in [7, 11) is 0. The summed E-state index contributed by atoms with van der Waals surface area (Å²) in [5.74, 6) is 0. The van der Waals surface area contributed by atoms with Crippen molar-refractivity contribution in [3.05, 3.63) is 0 Å². The summed E-state index contributed by atoms with van der Waals surface area (Å²) in [4.78, 5) is 0. The Morgan fingerprint density at radius 2 is 1.62 bits per heavy atom. The molecule has 0 aliphatic rings. The molecule has 0 aromatic heterocycles. The van der Waals surface area contributed by atoms with Crippen LogP contribution in [0.3, 0.4) is 0 Å². The van der Waals surface area contributed by atoms with E-state index in [1.807, 2.05) is 0 Å². The van der Waals surface area contributed by atoms with Crippen molar-refractivity contribution in [2.24, 2.45) is 0 Å². The molecular weight excluding hydrogens is 267 g/mol. The Morgan fingerprint density at radius 1 is 1.00 bits per heavy atom. The van der Waals surface area contributed by atoms with E-state index in [1.54, 1.807) is 0 Å². The Hall–Kier alpha value is 0.759. The minimum atomic E-state index is 0.546. The van der Waals surface area contributed by atoms with E-state index in [-0.39, 0.29) is 0 Å². The number of rotatable bonds is 9. The Labute approximate surface area is 97.3 Å². The summed E-state index contributed by atoms with van der Waals surface area (Å²) in [6.07, 6.45) is 11.4.